The van der Waals surface area contributed by atoms with E-state index in [0.717, 1.165) is 88.8 Å². The highest BCUT2D eigenvalue weighted by molar-refractivity contribution is 7.26. The Morgan fingerprint density at radius 2 is 0.619 bits per heavy atom. The van der Waals surface area contributed by atoms with Crippen molar-refractivity contribution in [3.05, 3.63) is 328 Å². The Bertz CT molecular complexity index is 6740. The van der Waals surface area contributed by atoms with Crippen LogP contribution in [0.1, 0.15) is 0 Å². The van der Waals surface area contributed by atoms with Crippen molar-refractivity contribution in [2.75, 3.05) is 0 Å². The molecule has 0 unspecified atom stereocenters. The Kier molecular flexibility index (Phi) is 12.3. The van der Waals surface area contributed by atoms with Gasteiger partial charge < -0.3 is 9.13 Å². The predicted molar refractivity (Wildman–Crippen MR) is 406 cm³/mol. The zero-order valence-corrected chi connectivity index (χ0v) is 53.0. The second-order valence-electron chi connectivity index (χ2n) is 24.8. The zero-order chi connectivity index (χ0) is 63.7. The predicted octanol–water partition coefficient (Wildman–Crippen LogP) is 23.0. The summed E-state index contributed by atoms with van der Waals surface area (Å²) < 4.78 is 11.9. The molecule has 97 heavy (non-hydrogen) atoms. The van der Waals surface area contributed by atoms with Gasteiger partial charge >= 0.3 is 0 Å². The Labute approximate surface area is 559 Å². The van der Waals surface area contributed by atoms with Gasteiger partial charge in [-0.3, -0.25) is 9.13 Å². The van der Waals surface area contributed by atoms with Crippen molar-refractivity contribution in [3.63, 3.8) is 0 Å². The third-order valence-electron chi connectivity index (χ3n) is 19.5. The molecule has 14 aromatic carbocycles. The number of fused-ring (bicyclic) bond motifs is 19. The van der Waals surface area contributed by atoms with Gasteiger partial charge in [-0.05, 0) is 90.0 Å². The topological polar surface area (TPSA) is 71.3 Å². The molecule has 0 amide bonds. The zero-order valence-electron chi connectivity index (χ0n) is 52.2. The van der Waals surface area contributed by atoms with E-state index in [1.807, 2.05) is 17.4 Å². The number of para-hydroxylation sites is 8. The Morgan fingerprint density at radius 1 is 0.227 bits per heavy atom. The fourth-order valence-electron chi connectivity index (χ4n) is 15.3. The summed E-state index contributed by atoms with van der Waals surface area (Å²) in [6.07, 6.45) is 0. The third-order valence-corrected chi connectivity index (χ3v) is 20.7. The number of hydrogen-bond acceptors (Lipinski definition) is 5. The second kappa shape index (κ2) is 21.9. The van der Waals surface area contributed by atoms with E-state index in [2.05, 4.69) is 340 Å². The number of nitrogens with zero attached hydrogens (tertiary/aromatic N) is 8. The molecule has 0 fully saturated rings. The van der Waals surface area contributed by atoms with E-state index in [4.69, 9.17) is 19.9 Å². The van der Waals surface area contributed by atoms with E-state index in [0.29, 0.717) is 11.9 Å². The minimum atomic E-state index is 0.658. The summed E-state index contributed by atoms with van der Waals surface area (Å²) in [6.45, 7) is 0. The minimum Gasteiger partial charge on any atom is -0.309 e. The summed E-state index contributed by atoms with van der Waals surface area (Å²) >= 11 is 1.83. The highest BCUT2D eigenvalue weighted by atomic mass is 32.1. The van der Waals surface area contributed by atoms with Crippen LogP contribution in [0.5, 0.6) is 0 Å². The van der Waals surface area contributed by atoms with E-state index in [1.165, 1.54) is 85.4 Å². The lowest BCUT2D eigenvalue weighted by atomic mass is 10.0. The van der Waals surface area contributed by atoms with Crippen LogP contribution in [0.25, 0.3) is 186 Å². The van der Waals surface area contributed by atoms with Crippen LogP contribution in [0.15, 0.2) is 328 Å². The summed E-state index contributed by atoms with van der Waals surface area (Å²) in [6, 6.07) is 116. The van der Waals surface area contributed by atoms with Gasteiger partial charge in [0.25, 0.3) is 0 Å². The SMILES string of the molecule is c1ccc(-c2ccc(-c3nc(-n4c5ccccc5c5ccc6c(c7ccccc7n6-c6ccccc6)c54)nc4ccccc34)cc2)cc1.c1ccc(-n2c3ccccc3c3c2ccc2c4ccccc4n(-c4nc(-c5cccc6c5sc5ccccc56)c5ccccc5n4)c23)cc1. The van der Waals surface area contributed by atoms with E-state index < -0.39 is 0 Å². The molecule has 0 aliphatic rings. The lowest BCUT2D eigenvalue weighted by molar-refractivity contribution is 1.02. The van der Waals surface area contributed by atoms with Gasteiger partial charge in [0.2, 0.25) is 11.9 Å². The molecule has 9 heteroatoms. The largest absolute Gasteiger partial charge is 0.309 e. The van der Waals surface area contributed by atoms with Crippen LogP contribution in [-0.4, -0.2) is 38.2 Å². The van der Waals surface area contributed by atoms with Gasteiger partial charge in [-0.2, -0.15) is 0 Å². The van der Waals surface area contributed by atoms with Crippen LogP contribution < -0.4 is 0 Å². The van der Waals surface area contributed by atoms with Gasteiger partial charge in [-0.25, -0.2) is 19.9 Å². The molecule has 0 aliphatic heterocycles. The molecule has 8 nitrogen and oxygen atoms in total. The first-order valence-corrected chi connectivity index (χ1v) is 33.6. The van der Waals surface area contributed by atoms with Crippen LogP contribution in [0.2, 0.25) is 0 Å². The van der Waals surface area contributed by atoms with E-state index >= 15 is 0 Å². The summed E-state index contributed by atoms with van der Waals surface area (Å²) in [5.74, 6) is 1.33. The summed E-state index contributed by atoms with van der Waals surface area (Å²) in [7, 11) is 0. The minimum absolute atomic E-state index is 0.658. The molecule has 21 rings (SSSR count). The van der Waals surface area contributed by atoms with Gasteiger partial charge in [-0.15, -0.1) is 11.3 Å². The smallest absolute Gasteiger partial charge is 0.235 e. The van der Waals surface area contributed by atoms with E-state index in [-0.39, 0.29) is 0 Å². The summed E-state index contributed by atoms with van der Waals surface area (Å²) in [4.78, 5) is 21.5. The molecule has 0 saturated heterocycles. The Hall–Kier alpha value is -12.8. The molecule has 0 aliphatic carbocycles. The summed E-state index contributed by atoms with van der Waals surface area (Å²) in [5.41, 5.74) is 19.6. The van der Waals surface area contributed by atoms with Crippen LogP contribution in [0.4, 0.5) is 0 Å². The fourth-order valence-corrected chi connectivity index (χ4v) is 16.5. The standard InChI is InChI=1S/C44H26N4S.C44H28N4/c1-2-13-27(14-3-1)47-37-23-10-6-18-33(37)40-38(47)26-25-30-28-15-5-9-22-36(28)48(42(30)40)44-45-35-21-8-4-17-32(35)41(46-44)34-20-12-19-31-29-16-7-11-24-39(29)49-43(31)34;1-3-13-29(14-4-1)30-23-25-31(26-24-30)42-35-18-7-10-20-37(35)45-44(46-42)48-38-21-11-8-17-33(38)34-27-28-40-41(43(34)48)36-19-9-12-22-39(36)47(40)32-15-5-2-6-16-32/h1-26H;1-28H. The quantitative estimate of drug-likeness (QED) is 0.159. The average Bonchev–Trinajstić information content (AvgIpc) is 1.56. The molecular formula is C88H54N8S. The molecule has 0 spiro atoms. The van der Waals surface area contributed by atoms with E-state index in [1.54, 1.807) is 0 Å². The van der Waals surface area contributed by atoms with Gasteiger partial charge in [0.15, 0.2) is 0 Å². The highest BCUT2D eigenvalue weighted by Gasteiger charge is 2.26. The molecule has 0 radical (unpaired) electrons. The first kappa shape index (κ1) is 54.7. The van der Waals surface area contributed by atoms with Crippen molar-refractivity contribution in [3.8, 4) is 56.9 Å². The van der Waals surface area contributed by atoms with Crippen molar-refractivity contribution in [2.45, 2.75) is 0 Å². The van der Waals surface area contributed by atoms with Crippen molar-refractivity contribution < 1.29 is 0 Å². The maximum Gasteiger partial charge on any atom is 0.235 e. The number of rotatable bonds is 7. The average molecular weight is 1260 g/mol. The molecule has 7 aromatic heterocycles. The van der Waals surface area contributed by atoms with Crippen LogP contribution in [0.3, 0.4) is 0 Å². The molecule has 21 aromatic rings. The van der Waals surface area contributed by atoms with Crippen molar-refractivity contribution >= 4 is 141 Å². The van der Waals surface area contributed by atoms with Gasteiger partial charge in [0.1, 0.15) is 0 Å². The van der Waals surface area contributed by atoms with Crippen LogP contribution >= 0.6 is 11.3 Å². The molecule has 452 valence electrons. The number of hydrogen-bond donors (Lipinski definition) is 0. The van der Waals surface area contributed by atoms with Gasteiger partial charge in [-0.1, -0.05) is 249 Å². The highest BCUT2D eigenvalue weighted by Crippen LogP contribution is 2.46. The van der Waals surface area contributed by atoms with Gasteiger partial charge in [0.05, 0.1) is 66.6 Å². The molecular weight excluding hydrogens is 1200 g/mol. The van der Waals surface area contributed by atoms with Crippen LogP contribution in [-0.2, 0) is 0 Å². The van der Waals surface area contributed by atoms with Crippen molar-refractivity contribution in [1.82, 2.24) is 38.2 Å². The van der Waals surface area contributed by atoms with Crippen molar-refractivity contribution in [1.29, 1.82) is 0 Å². The molecule has 7 heterocycles. The first-order chi connectivity index (χ1) is 48.2. The lowest BCUT2D eigenvalue weighted by Gasteiger charge is -2.13. The summed E-state index contributed by atoms with van der Waals surface area (Å²) in [5, 5.41) is 14.1. The monoisotopic (exact) mass is 1250 g/mol. The maximum atomic E-state index is 5.54. The van der Waals surface area contributed by atoms with E-state index in [9.17, 15) is 0 Å². The maximum absolute atomic E-state index is 5.54. The molecule has 0 saturated carbocycles. The fraction of sp³-hybridized carbons (Fsp3) is 0. The second-order valence-corrected chi connectivity index (χ2v) is 25.8. The number of thiophene rings is 1. The molecule has 0 atom stereocenters. The molecule has 0 bridgehead atoms. The molecule has 0 N–H and O–H groups in total. The number of aromatic nitrogens is 8. The third kappa shape index (κ3) is 8.48. The van der Waals surface area contributed by atoms with Gasteiger partial charge in [0, 0.05) is 96.5 Å². The lowest BCUT2D eigenvalue weighted by Crippen LogP contribution is -2.03. The Morgan fingerprint density at radius 3 is 1.15 bits per heavy atom. The Balaban J connectivity index is 0.000000132. The van der Waals surface area contributed by atoms with Crippen LogP contribution in [0, 0.1) is 0 Å². The normalized spacial score (nSPS) is 11.9. The van der Waals surface area contributed by atoms with Crippen molar-refractivity contribution in [2.24, 2.45) is 0 Å². The number of benzene rings is 14. The first-order valence-electron chi connectivity index (χ1n) is 32.8.